The van der Waals surface area contributed by atoms with E-state index >= 15 is 0 Å². The zero-order chi connectivity index (χ0) is 28.5. The van der Waals surface area contributed by atoms with Crippen LogP contribution in [-0.2, 0) is 0 Å². The van der Waals surface area contributed by atoms with Gasteiger partial charge in [0.1, 0.15) is 0 Å². The average molecular weight is 757 g/mol. The van der Waals surface area contributed by atoms with Gasteiger partial charge in [-0.15, -0.1) is 0 Å². The first-order chi connectivity index (χ1) is 20.3. The summed E-state index contributed by atoms with van der Waals surface area (Å²) in [6.45, 7) is 2.18. The van der Waals surface area contributed by atoms with E-state index in [4.69, 9.17) is 0 Å². The van der Waals surface area contributed by atoms with Crippen LogP contribution in [0, 0.1) is 0 Å². The van der Waals surface area contributed by atoms with Crippen molar-refractivity contribution in [2.45, 2.75) is 11.4 Å². The molecule has 6 aromatic rings. The molecule has 200 valence electrons. The second kappa shape index (κ2) is 17.9. The summed E-state index contributed by atoms with van der Waals surface area (Å²) < 4.78 is 10.4. The van der Waals surface area contributed by atoms with Crippen molar-refractivity contribution in [3.05, 3.63) is 182 Å². The van der Waals surface area contributed by atoms with E-state index in [0.717, 1.165) is 0 Å². The Morgan fingerprint density at radius 1 is 0.317 bits per heavy atom. The Morgan fingerprint density at radius 3 is 0.561 bits per heavy atom. The van der Waals surface area contributed by atoms with Gasteiger partial charge in [0.25, 0.3) is 0 Å². The maximum absolute atomic E-state index is 2.27. The van der Waals surface area contributed by atoms with E-state index in [1.807, 2.05) is 0 Å². The van der Waals surface area contributed by atoms with Crippen molar-refractivity contribution in [2.24, 2.45) is 0 Å². The Balaban J connectivity index is 0.000000173. The summed E-state index contributed by atoms with van der Waals surface area (Å²) in [7, 11) is 0. The van der Waals surface area contributed by atoms with E-state index in [-0.39, 0.29) is 0 Å². The van der Waals surface area contributed by atoms with Crippen LogP contribution in [0.4, 0.5) is 0 Å². The van der Waals surface area contributed by atoms with E-state index in [1.54, 1.807) is 0 Å². The van der Waals surface area contributed by atoms with Gasteiger partial charge in [-0.2, -0.15) is 0 Å². The Bertz CT molecular complexity index is 1190. The van der Waals surface area contributed by atoms with Crippen molar-refractivity contribution in [3.63, 3.8) is 0 Å². The molecule has 0 atom stereocenters. The van der Waals surface area contributed by atoms with Crippen LogP contribution in [0.5, 0.6) is 0 Å². The monoisotopic (exact) mass is 760 g/mol. The third-order valence-electron chi connectivity index (χ3n) is 6.37. The van der Waals surface area contributed by atoms with Gasteiger partial charge < -0.3 is 0 Å². The molecule has 0 aliphatic rings. The van der Waals surface area contributed by atoms with Crippen LogP contribution in [0.2, 0.25) is 4.44 Å². The van der Waals surface area contributed by atoms with Crippen LogP contribution in [0.3, 0.4) is 0 Å². The van der Waals surface area contributed by atoms with Gasteiger partial charge in [0.15, 0.2) is 0 Å². The van der Waals surface area contributed by atoms with Crippen LogP contribution < -0.4 is 26.4 Å². The summed E-state index contributed by atoms with van der Waals surface area (Å²) in [5.41, 5.74) is 0. The standard InChI is InChI=1S/2C18H15Ge.C2H5.Sn.H/c2*1-4-10-16(11-5-1)19(17-12-6-2-7-13-17)18-14-8-3-9-15-18;1-2;;/h2*1-15H;1H2,2H3;;. The zero-order valence-corrected chi connectivity index (χ0v) is 31.1. The molecule has 0 bridgehead atoms. The van der Waals surface area contributed by atoms with Crippen molar-refractivity contribution in [3.8, 4) is 0 Å². The molecular formula is C38H36Ge2Sn. The predicted molar refractivity (Wildman–Crippen MR) is 186 cm³/mol. The first-order valence-corrected chi connectivity index (χ1v) is 22.7. The van der Waals surface area contributed by atoms with Crippen molar-refractivity contribution in [2.75, 3.05) is 0 Å². The fourth-order valence-corrected chi connectivity index (χ4v) is 15.4. The van der Waals surface area contributed by atoms with E-state index in [2.05, 4.69) is 189 Å². The normalized spacial score (nSPS) is 10.2. The van der Waals surface area contributed by atoms with Gasteiger partial charge in [-0.25, -0.2) is 0 Å². The molecule has 41 heavy (non-hydrogen) atoms. The number of hydrogen-bond acceptors (Lipinski definition) is 0. The third-order valence-corrected chi connectivity index (χ3v) is 17.8. The summed E-state index contributed by atoms with van der Waals surface area (Å²) >= 11 is -1.85. The third kappa shape index (κ3) is 9.63. The van der Waals surface area contributed by atoms with Crippen molar-refractivity contribution in [1.29, 1.82) is 0 Å². The number of hydrogen-bond donors (Lipinski definition) is 0. The molecule has 6 aromatic carbocycles. The van der Waals surface area contributed by atoms with Gasteiger partial charge in [-0.1, -0.05) is 0 Å². The fraction of sp³-hybridized carbons (Fsp3) is 0.0526. The van der Waals surface area contributed by atoms with E-state index in [1.165, 1.54) is 53.3 Å². The van der Waals surface area contributed by atoms with E-state index in [9.17, 15) is 0 Å². The Kier molecular flexibility index (Phi) is 13.6. The van der Waals surface area contributed by atoms with Gasteiger partial charge in [-0.05, 0) is 0 Å². The quantitative estimate of drug-likeness (QED) is 0.216. The minimum atomic E-state index is -1.63. The second-order valence-electron chi connectivity index (χ2n) is 9.35. The van der Waals surface area contributed by atoms with Gasteiger partial charge >= 0.3 is 271 Å². The van der Waals surface area contributed by atoms with Gasteiger partial charge in [0.05, 0.1) is 0 Å². The summed E-state index contributed by atoms with van der Waals surface area (Å²) in [4.78, 5) is 0. The molecule has 3 heteroatoms. The van der Waals surface area contributed by atoms with E-state index < -0.39 is 28.7 Å². The fourth-order valence-electron chi connectivity index (χ4n) is 4.63. The van der Waals surface area contributed by atoms with Crippen LogP contribution in [0.1, 0.15) is 6.92 Å². The maximum atomic E-state index is 2.27. The molecule has 4 radical (unpaired) electrons. The summed E-state index contributed by atoms with van der Waals surface area (Å²) in [5, 5.41) is 0. The molecule has 0 saturated carbocycles. The molecule has 0 aromatic heterocycles. The molecule has 0 aliphatic carbocycles. The molecular weight excluding hydrogens is 720 g/mol. The Hall–Kier alpha value is -2.80. The Labute approximate surface area is 268 Å². The molecule has 0 fully saturated rings. The van der Waals surface area contributed by atoms with Gasteiger partial charge in [0.2, 0.25) is 0 Å². The number of rotatable bonds is 6. The molecule has 0 N–H and O–H groups in total. The first-order valence-electron chi connectivity index (χ1n) is 14.1. The first kappa shape index (κ1) is 31.1. The van der Waals surface area contributed by atoms with Gasteiger partial charge in [-0.3, -0.25) is 0 Å². The summed E-state index contributed by atoms with van der Waals surface area (Å²) in [6, 6.07) is 65.6. The molecule has 0 heterocycles. The summed E-state index contributed by atoms with van der Waals surface area (Å²) in [5.74, 6) is 0. The molecule has 0 aliphatic heterocycles. The second-order valence-corrected chi connectivity index (χ2v) is 22.1. The molecule has 0 amide bonds. The Morgan fingerprint density at radius 2 is 0.439 bits per heavy atom. The molecule has 6 rings (SSSR count). The van der Waals surface area contributed by atoms with Crippen molar-refractivity contribution >= 4 is 77.6 Å². The van der Waals surface area contributed by atoms with Crippen molar-refractivity contribution in [1.82, 2.24) is 0 Å². The van der Waals surface area contributed by atoms with Crippen LogP contribution in [-0.4, -0.2) is 51.2 Å². The SMILES string of the molecule is C[CH2][SnH].c1cc[c]([Ge]([c]2ccccc2)[c]2ccccc2)cc1.c1cc[c]([Ge]([c]2ccccc2)[c]2ccccc2)cc1. The minimum absolute atomic E-state index is 1.38. The molecule has 0 unspecified atom stereocenters. The molecule has 0 saturated heterocycles. The summed E-state index contributed by atoms with van der Waals surface area (Å²) in [6.07, 6.45) is 0. The van der Waals surface area contributed by atoms with E-state index in [0.29, 0.717) is 0 Å². The predicted octanol–water partition coefficient (Wildman–Crippen LogP) is 4.73. The van der Waals surface area contributed by atoms with Crippen LogP contribution >= 0.6 is 0 Å². The average Bonchev–Trinajstić information content (AvgIpc) is 3.05. The van der Waals surface area contributed by atoms with Crippen LogP contribution in [0.25, 0.3) is 0 Å². The molecule has 0 nitrogen and oxygen atoms in total. The zero-order valence-electron chi connectivity index (χ0n) is 23.6. The van der Waals surface area contributed by atoms with Gasteiger partial charge in [0, 0.05) is 0 Å². The van der Waals surface area contributed by atoms with Crippen molar-refractivity contribution < 1.29 is 0 Å². The van der Waals surface area contributed by atoms with Crippen LogP contribution in [0.15, 0.2) is 182 Å². The molecule has 0 spiro atoms. The topological polar surface area (TPSA) is 0 Å². The number of benzene rings is 6.